The molecule has 0 aliphatic rings. The van der Waals surface area contributed by atoms with E-state index in [0.717, 1.165) is 5.13 Å². The van der Waals surface area contributed by atoms with Crippen molar-refractivity contribution in [2.45, 2.75) is 26.8 Å². The molecule has 0 aromatic carbocycles. The van der Waals surface area contributed by atoms with Gasteiger partial charge in [0.25, 0.3) is 0 Å². The number of carbonyl (C=O) groups is 1. The van der Waals surface area contributed by atoms with Crippen LogP contribution < -0.4 is 4.90 Å². The van der Waals surface area contributed by atoms with Crippen LogP contribution in [0.4, 0.5) is 5.13 Å². The Kier molecular flexibility index (Phi) is 4.77. The van der Waals surface area contributed by atoms with Gasteiger partial charge in [-0.1, -0.05) is 36.8 Å². The van der Waals surface area contributed by atoms with Crippen LogP contribution in [0.25, 0.3) is 0 Å². The summed E-state index contributed by atoms with van der Waals surface area (Å²) in [5, 5.41) is 0.941. The fourth-order valence-corrected chi connectivity index (χ4v) is 2.53. The molecule has 0 saturated carbocycles. The summed E-state index contributed by atoms with van der Waals surface area (Å²) in [5.74, 6) is 0.0496. The van der Waals surface area contributed by atoms with E-state index >= 15 is 0 Å². The molecule has 1 aromatic rings. The summed E-state index contributed by atoms with van der Waals surface area (Å²) in [7, 11) is 3.28. The number of carbonyl (C=O) groups excluding carboxylic acids is 1. The van der Waals surface area contributed by atoms with E-state index in [2.05, 4.69) is 30.5 Å². The second-order valence-corrected chi connectivity index (χ2v) is 5.54. The van der Waals surface area contributed by atoms with Crippen molar-refractivity contribution in [2.75, 3.05) is 19.1 Å². The van der Waals surface area contributed by atoms with Gasteiger partial charge in [-0.2, -0.15) is 0 Å². The van der Waals surface area contributed by atoms with Gasteiger partial charge in [-0.15, -0.1) is 0 Å². The number of ether oxygens (including phenoxy) is 1. The van der Waals surface area contributed by atoms with Crippen LogP contribution in [0.2, 0.25) is 5.15 Å². The van der Waals surface area contributed by atoms with Crippen LogP contribution >= 0.6 is 22.9 Å². The van der Waals surface area contributed by atoms with Gasteiger partial charge in [-0.25, -0.2) is 9.78 Å². The molecule has 1 atom stereocenters. The maximum absolute atomic E-state index is 11.4. The largest absolute Gasteiger partial charge is 0.465 e. The molecule has 0 saturated heterocycles. The molecule has 4 nitrogen and oxygen atoms in total. The molecule has 17 heavy (non-hydrogen) atoms. The van der Waals surface area contributed by atoms with Crippen LogP contribution in [0.1, 0.15) is 30.4 Å². The monoisotopic (exact) mass is 276 g/mol. The lowest BCUT2D eigenvalue weighted by atomic mass is 10.1. The number of methoxy groups -OCH3 is 1. The van der Waals surface area contributed by atoms with E-state index in [1.54, 1.807) is 0 Å². The maximum atomic E-state index is 11.4. The summed E-state index contributed by atoms with van der Waals surface area (Å²) in [6, 6.07) is 0.322. The van der Waals surface area contributed by atoms with Crippen LogP contribution in [0.5, 0.6) is 0 Å². The summed E-state index contributed by atoms with van der Waals surface area (Å²) >= 11 is 7.17. The van der Waals surface area contributed by atoms with Gasteiger partial charge >= 0.3 is 5.97 Å². The van der Waals surface area contributed by atoms with E-state index in [0.29, 0.717) is 16.8 Å². The summed E-state index contributed by atoms with van der Waals surface area (Å²) in [5.41, 5.74) is 0. The summed E-state index contributed by atoms with van der Waals surface area (Å²) < 4.78 is 4.65. The number of rotatable bonds is 4. The average Bonchev–Trinajstić information content (AvgIpc) is 2.68. The highest BCUT2D eigenvalue weighted by Crippen LogP contribution is 2.31. The van der Waals surface area contributed by atoms with Crippen molar-refractivity contribution >= 4 is 34.0 Å². The summed E-state index contributed by atoms with van der Waals surface area (Å²) in [4.78, 5) is 18.0. The molecule has 6 heteroatoms. The van der Waals surface area contributed by atoms with E-state index in [1.165, 1.54) is 18.4 Å². The van der Waals surface area contributed by atoms with Gasteiger partial charge in [-0.05, 0) is 12.8 Å². The highest BCUT2D eigenvalue weighted by molar-refractivity contribution is 7.18. The van der Waals surface area contributed by atoms with E-state index in [4.69, 9.17) is 11.6 Å². The fraction of sp³-hybridized carbons (Fsp3) is 0.636. The molecule has 0 amide bonds. The Morgan fingerprint density at radius 2 is 2.06 bits per heavy atom. The normalized spacial score (nSPS) is 12.6. The molecule has 0 N–H and O–H groups in total. The molecule has 1 unspecified atom stereocenters. The number of aromatic nitrogens is 1. The number of thiazole rings is 1. The number of esters is 1. The lowest BCUT2D eigenvalue weighted by Crippen LogP contribution is -2.32. The summed E-state index contributed by atoms with van der Waals surface area (Å²) in [6.45, 7) is 6.38. The Bertz CT molecular complexity index is 406. The quantitative estimate of drug-likeness (QED) is 0.793. The molecule has 0 radical (unpaired) electrons. The molecular weight excluding hydrogens is 260 g/mol. The van der Waals surface area contributed by atoms with Crippen LogP contribution in [0.3, 0.4) is 0 Å². The van der Waals surface area contributed by atoms with Crippen LogP contribution in [-0.4, -0.2) is 31.2 Å². The van der Waals surface area contributed by atoms with Crippen molar-refractivity contribution in [3.63, 3.8) is 0 Å². The number of hydrogen-bond donors (Lipinski definition) is 0. The molecule has 1 aromatic heterocycles. The van der Waals surface area contributed by atoms with Crippen molar-refractivity contribution in [1.82, 2.24) is 4.98 Å². The van der Waals surface area contributed by atoms with Crippen molar-refractivity contribution in [3.05, 3.63) is 10.0 Å². The number of hydrogen-bond acceptors (Lipinski definition) is 5. The lowest BCUT2D eigenvalue weighted by molar-refractivity contribution is 0.0606. The van der Waals surface area contributed by atoms with Crippen molar-refractivity contribution < 1.29 is 9.53 Å². The molecule has 0 spiro atoms. The molecule has 0 fully saturated rings. The molecule has 0 bridgehead atoms. The van der Waals surface area contributed by atoms with Crippen LogP contribution in [0.15, 0.2) is 0 Å². The zero-order valence-electron chi connectivity index (χ0n) is 10.7. The molecule has 0 aliphatic heterocycles. The average molecular weight is 277 g/mol. The highest BCUT2D eigenvalue weighted by atomic mass is 35.5. The maximum Gasteiger partial charge on any atom is 0.351 e. The Morgan fingerprint density at radius 1 is 1.47 bits per heavy atom. The topological polar surface area (TPSA) is 42.4 Å². The zero-order valence-corrected chi connectivity index (χ0v) is 12.2. The van der Waals surface area contributed by atoms with Gasteiger partial charge < -0.3 is 9.64 Å². The van der Waals surface area contributed by atoms with Gasteiger partial charge in [0.1, 0.15) is 0 Å². The first-order valence-electron chi connectivity index (χ1n) is 5.36. The minimum Gasteiger partial charge on any atom is -0.465 e. The van der Waals surface area contributed by atoms with Crippen molar-refractivity contribution in [3.8, 4) is 0 Å². The third kappa shape index (κ3) is 3.10. The molecule has 0 aliphatic carbocycles. The Hall–Kier alpha value is -0.810. The Labute approximate surface area is 111 Å². The van der Waals surface area contributed by atoms with Gasteiger partial charge in [0.05, 0.1) is 7.11 Å². The predicted octanol–water partition coefficient (Wildman–Crippen LogP) is 3.06. The van der Waals surface area contributed by atoms with Crippen LogP contribution in [0, 0.1) is 5.92 Å². The summed E-state index contributed by atoms with van der Waals surface area (Å²) in [6.07, 6.45) is 0. The van der Waals surface area contributed by atoms with Crippen LogP contribution in [-0.2, 0) is 4.74 Å². The highest BCUT2D eigenvalue weighted by Gasteiger charge is 2.22. The minimum atomic E-state index is -0.440. The van der Waals surface area contributed by atoms with Crippen molar-refractivity contribution in [2.24, 2.45) is 5.92 Å². The van der Waals surface area contributed by atoms with E-state index in [1.807, 2.05) is 11.9 Å². The first-order valence-corrected chi connectivity index (χ1v) is 6.55. The number of halogens is 1. The molecular formula is C11H17ClN2O2S. The third-order valence-corrected chi connectivity index (χ3v) is 4.33. The SMILES string of the molecule is COC(=O)c1sc(N(C)C(C)C(C)C)nc1Cl. The second-order valence-electron chi connectivity index (χ2n) is 4.20. The van der Waals surface area contributed by atoms with E-state index in [-0.39, 0.29) is 5.15 Å². The van der Waals surface area contributed by atoms with Crippen molar-refractivity contribution in [1.29, 1.82) is 0 Å². The number of nitrogens with zero attached hydrogens (tertiary/aromatic N) is 2. The number of anilines is 1. The smallest absolute Gasteiger partial charge is 0.351 e. The Balaban J connectivity index is 2.97. The molecule has 96 valence electrons. The standard InChI is InChI=1S/C11H17ClN2O2S/c1-6(2)7(3)14(4)11-13-9(12)8(17-11)10(15)16-5/h6-7H,1-5H3. The zero-order chi connectivity index (χ0) is 13.2. The van der Waals surface area contributed by atoms with E-state index < -0.39 is 5.97 Å². The third-order valence-electron chi connectivity index (χ3n) is 2.82. The van der Waals surface area contributed by atoms with E-state index in [9.17, 15) is 4.79 Å². The van der Waals surface area contributed by atoms with Gasteiger partial charge in [0, 0.05) is 13.1 Å². The van der Waals surface area contributed by atoms with Gasteiger partial charge in [0.2, 0.25) is 0 Å². The first kappa shape index (κ1) is 14.3. The first-order chi connectivity index (χ1) is 7.88. The van der Waals surface area contributed by atoms with Gasteiger partial charge in [-0.3, -0.25) is 0 Å². The Morgan fingerprint density at radius 3 is 2.53 bits per heavy atom. The fourth-order valence-electron chi connectivity index (χ4n) is 1.28. The second kappa shape index (κ2) is 5.69. The predicted molar refractivity (Wildman–Crippen MR) is 71.2 cm³/mol. The van der Waals surface area contributed by atoms with Gasteiger partial charge in [0.15, 0.2) is 15.2 Å². The molecule has 1 heterocycles. The minimum absolute atomic E-state index is 0.208. The lowest BCUT2D eigenvalue weighted by Gasteiger charge is -2.27. The molecule has 1 rings (SSSR count).